The topological polar surface area (TPSA) is 61.0 Å². The van der Waals surface area contributed by atoms with Gasteiger partial charge >= 0.3 is 0 Å². The van der Waals surface area contributed by atoms with Gasteiger partial charge in [0.2, 0.25) is 0 Å². The summed E-state index contributed by atoms with van der Waals surface area (Å²) in [6.07, 6.45) is 3.17. The largest absolute Gasteiger partial charge is 0.349 e. The van der Waals surface area contributed by atoms with Crippen LogP contribution in [0.1, 0.15) is 6.92 Å². The van der Waals surface area contributed by atoms with Crippen LogP contribution >= 0.6 is 0 Å². The minimum atomic E-state index is -0.110. The van der Waals surface area contributed by atoms with Gasteiger partial charge in [0.1, 0.15) is 0 Å². The summed E-state index contributed by atoms with van der Waals surface area (Å²) in [6.45, 7) is 4.67. The van der Waals surface area contributed by atoms with E-state index in [0.29, 0.717) is 11.9 Å². The Morgan fingerprint density at radius 2 is 2.50 bits per heavy atom. The van der Waals surface area contributed by atoms with Crippen molar-refractivity contribution in [2.45, 2.75) is 13.0 Å². The van der Waals surface area contributed by atoms with Crippen LogP contribution in [0, 0.1) is 0 Å². The number of hydrogen-bond acceptors (Lipinski definition) is 4. The number of hydrogen-bond donors (Lipinski definition) is 2. The van der Waals surface area contributed by atoms with Gasteiger partial charge in [0.05, 0.1) is 0 Å². The van der Waals surface area contributed by atoms with Gasteiger partial charge in [0.25, 0.3) is 5.56 Å². The quantitative estimate of drug-likeness (QED) is 0.636. The highest BCUT2D eigenvalue weighted by Crippen LogP contribution is 2.05. The maximum Gasteiger partial charge on any atom is 0.290 e. The van der Waals surface area contributed by atoms with Gasteiger partial charge in [-0.25, -0.2) is 4.98 Å². The normalized spacial score (nSPS) is 22.4. The molecule has 1 aromatic heterocycles. The van der Waals surface area contributed by atoms with Crippen LogP contribution in [0.5, 0.6) is 0 Å². The molecule has 0 aromatic carbocycles. The first-order chi connectivity index (χ1) is 6.77. The lowest BCUT2D eigenvalue weighted by Crippen LogP contribution is -2.50. The zero-order valence-electron chi connectivity index (χ0n) is 8.16. The molecule has 2 N–H and O–H groups in total. The van der Waals surface area contributed by atoms with Crippen molar-refractivity contribution >= 4 is 5.82 Å². The van der Waals surface area contributed by atoms with Crippen molar-refractivity contribution < 1.29 is 0 Å². The predicted molar refractivity (Wildman–Crippen MR) is 54.5 cm³/mol. The summed E-state index contributed by atoms with van der Waals surface area (Å²) in [6, 6.07) is 0.408. The first kappa shape index (κ1) is 9.21. The SMILES string of the molecule is C[C@H]1CN(c2ncc[nH]c2=O)CCN1. The highest BCUT2D eigenvalue weighted by molar-refractivity contribution is 5.36. The molecule has 0 unspecified atom stereocenters. The monoisotopic (exact) mass is 194 g/mol. The maximum atomic E-state index is 11.4. The Morgan fingerprint density at radius 3 is 3.21 bits per heavy atom. The number of H-pyrrole nitrogens is 1. The van der Waals surface area contributed by atoms with Crippen molar-refractivity contribution in [2.24, 2.45) is 0 Å². The number of nitrogens with one attached hydrogen (secondary N) is 2. The second-order valence-electron chi connectivity index (χ2n) is 3.54. The van der Waals surface area contributed by atoms with Gasteiger partial charge in [-0.2, -0.15) is 0 Å². The van der Waals surface area contributed by atoms with Crippen LogP contribution in [0.3, 0.4) is 0 Å². The number of aromatic nitrogens is 2. The Hall–Kier alpha value is -1.36. The highest BCUT2D eigenvalue weighted by Gasteiger charge is 2.18. The molecule has 76 valence electrons. The van der Waals surface area contributed by atoms with E-state index in [1.54, 1.807) is 12.4 Å². The second-order valence-corrected chi connectivity index (χ2v) is 3.54. The maximum absolute atomic E-state index is 11.4. The average molecular weight is 194 g/mol. The summed E-state index contributed by atoms with van der Waals surface area (Å²) in [4.78, 5) is 20.2. The first-order valence-electron chi connectivity index (χ1n) is 4.79. The van der Waals surface area contributed by atoms with E-state index in [1.165, 1.54) is 0 Å². The molecule has 0 radical (unpaired) electrons. The first-order valence-corrected chi connectivity index (χ1v) is 4.79. The number of aromatic amines is 1. The fraction of sp³-hybridized carbons (Fsp3) is 0.556. The molecule has 1 fully saturated rings. The van der Waals surface area contributed by atoms with E-state index in [9.17, 15) is 4.79 Å². The molecule has 0 aliphatic carbocycles. The average Bonchev–Trinajstić information content (AvgIpc) is 2.18. The van der Waals surface area contributed by atoms with E-state index in [2.05, 4.69) is 22.2 Å². The fourth-order valence-corrected chi connectivity index (χ4v) is 1.69. The van der Waals surface area contributed by atoms with Crippen LogP contribution in [0.4, 0.5) is 5.82 Å². The fourth-order valence-electron chi connectivity index (χ4n) is 1.69. The van der Waals surface area contributed by atoms with E-state index in [0.717, 1.165) is 19.6 Å². The van der Waals surface area contributed by atoms with Crippen LogP contribution in [-0.2, 0) is 0 Å². The Labute approximate surface area is 82.2 Å². The van der Waals surface area contributed by atoms with Crippen molar-refractivity contribution in [3.8, 4) is 0 Å². The smallest absolute Gasteiger partial charge is 0.290 e. The van der Waals surface area contributed by atoms with Crippen LogP contribution in [0.2, 0.25) is 0 Å². The minimum absolute atomic E-state index is 0.110. The third-order valence-electron chi connectivity index (χ3n) is 2.36. The third-order valence-corrected chi connectivity index (χ3v) is 2.36. The molecule has 2 rings (SSSR count). The van der Waals surface area contributed by atoms with Crippen LogP contribution in [0.15, 0.2) is 17.2 Å². The number of nitrogens with zero attached hydrogens (tertiary/aromatic N) is 2. The molecule has 5 nitrogen and oxygen atoms in total. The Morgan fingerprint density at radius 1 is 1.64 bits per heavy atom. The molecule has 0 bridgehead atoms. The van der Waals surface area contributed by atoms with Gasteiger partial charge in [0, 0.05) is 38.1 Å². The van der Waals surface area contributed by atoms with E-state index in [4.69, 9.17) is 0 Å². The third kappa shape index (κ3) is 1.77. The minimum Gasteiger partial charge on any atom is -0.349 e. The van der Waals surface area contributed by atoms with Crippen LogP contribution in [0.25, 0.3) is 0 Å². The lowest BCUT2D eigenvalue weighted by molar-refractivity contribution is 0.481. The molecular formula is C9H14N4O. The van der Waals surface area contributed by atoms with Crippen molar-refractivity contribution in [3.63, 3.8) is 0 Å². The molecule has 1 aromatic rings. The Bertz CT molecular complexity index is 362. The summed E-state index contributed by atoms with van der Waals surface area (Å²) >= 11 is 0. The van der Waals surface area contributed by atoms with Crippen molar-refractivity contribution in [2.75, 3.05) is 24.5 Å². The molecule has 2 heterocycles. The van der Waals surface area contributed by atoms with E-state index in [-0.39, 0.29) is 5.56 Å². The molecule has 14 heavy (non-hydrogen) atoms. The second kappa shape index (κ2) is 3.79. The molecule has 0 amide bonds. The van der Waals surface area contributed by atoms with Crippen LogP contribution in [-0.4, -0.2) is 35.6 Å². The van der Waals surface area contributed by atoms with Crippen molar-refractivity contribution in [1.82, 2.24) is 15.3 Å². The summed E-state index contributed by atoms with van der Waals surface area (Å²) in [5.41, 5.74) is -0.110. The number of anilines is 1. The van der Waals surface area contributed by atoms with Crippen molar-refractivity contribution in [1.29, 1.82) is 0 Å². The lowest BCUT2D eigenvalue weighted by Gasteiger charge is -2.31. The van der Waals surface area contributed by atoms with E-state index in [1.807, 2.05) is 4.90 Å². The summed E-state index contributed by atoms with van der Waals surface area (Å²) in [5, 5.41) is 3.32. The van der Waals surface area contributed by atoms with E-state index < -0.39 is 0 Å². The highest BCUT2D eigenvalue weighted by atomic mass is 16.1. The van der Waals surface area contributed by atoms with Gasteiger partial charge in [-0.3, -0.25) is 4.79 Å². The van der Waals surface area contributed by atoms with Gasteiger partial charge in [-0.15, -0.1) is 0 Å². The van der Waals surface area contributed by atoms with Gasteiger partial charge in [0.15, 0.2) is 5.82 Å². The van der Waals surface area contributed by atoms with E-state index >= 15 is 0 Å². The Kier molecular flexibility index (Phi) is 2.49. The molecule has 5 heteroatoms. The molecular weight excluding hydrogens is 180 g/mol. The zero-order valence-corrected chi connectivity index (χ0v) is 8.16. The number of piperazine rings is 1. The summed E-state index contributed by atoms with van der Waals surface area (Å²) in [7, 11) is 0. The summed E-state index contributed by atoms with van der Waals surface area (Å²) < 4.78 is 0. The van der Waals surface area contributed by atoms with Gasteiger partial charge in [-0.05, 0) is 6.92 Å². The predicted octanol–water partition coefficient (Wildman–Crippen LogP) is -0.432. The Balaban J connectivity index is 2.22. The van der Waals surface area contributed by atoms with Crippen molar-refractivity contribution in [3.05, 3.63) is 22.7 Å². The molecule has 1 aliphatic rings. The standard InChI is InChI=1S/C9H14N4O/c1-7-6-13(5-4-10-7)8-9(14)12-3-2-11-8/h2-3,7,10H,4-6H2,1H3,(H,12,14)/t7-/m0/s1. The molecule has 0 saturated carbocycles. The van der Waals surface area contributed by atoms with Crippen LogP contribution < -0.4 is 15.8 Å². The number of rotatable bonds is 1. The molecule has 1 aliphatic heterocycles. The molecule has 1 saturated heterocycles. The van der Waals surface area contributed by atoms with Gasteiger partial charge in [-0.1, -0.05) is 0 Å². The zero-order chi connectivity index (χ0) is 9.97. The lowest BCUT2D eigenvalue weighted by atomic mass is 10.2. The van der Waals surface area contributed by atoms with Gasteiger partial charge < -0.3 is 15.2 Å². The molecule has 0 spiro atoms. The molecule has 1 atom stereocenters. The summed E-state index contributed by atoms with van der Waals surface area (Å²) in [5.74, 6) is 0.529.